The Hall–Kier alpha value is -5.22. The van der Waals surface area contributed by atoms with Crippen LogP contribution < -0.4 is 0 Å². The number of fused-ring (bicyclic) bond motifs is 3. The van der Waals surface area contributed by atoms with Crippen LogP contribution in [0.25, 0.3) is 55.7 Å². The van der Waals surface area contributed by atoms with Crippen molar-refractivity contribution in [3.05, 3.63) is 175 Å². The normalized spacial score (nSPS) is 10.3. The van der Waals surface area contributed by atoms with Gasteiger partial charge in [0.2, 0.25) is 0 Å². The molecule has 4 aromatic carbocycles. The van der Waals surface area contributed by atoms with E-state index in [4.69, 9.17) is 4.42 Å². The number of pyridine rings is 3. The molecule has 0 unspecified atom stereocenters. The van der Waals surface area contributed by atoms with Gasteiger partial charge >= 0.3 is 20.1 Å². The third kappa shape index (κ3) is 8.33. The van der Waals surface area contributed by atoms with Gasteiger partial charge in [0.1, 0.15) is 5.58 Å². The van der Waals surface area contributed by atoms with Crippen molar-refractivity contribution in [1.29, 1.82) is 0 Å². The van der Waals surface area contributed by atoms with Crippen LogP contribution in [0, 0.1) is 39.0 Å². The first-order chi connectivity index (χ1) is 22.5. The molecular formula is C42H32IrN3O. The first-order valence-electron chi connectivity index (χ1n) is 15.1. The molecule has 0 fully saturated rings. The van der Waals surface area contributed by atoms with Crippen LogP contribution >= 0.6 is 0 Å². The Morgan fingerprint density at radius 3 is 1.72 bits per heavy atom. The van der Waals surface area contributed by atoms with Gasteiger partial charge in [-0.1, -0.05) is 65.0 Å². The number of hydrogen-bond acceptors (Lipinski definition) is 4. The molecule has 0 N–H and O–H groups in total. The van der Waals surface area contributed by atoms with Crippen molar-refractivity contribution in [1.82, 2.24) is 15.0 Å². The fourth-order valence-corrected chi connectivity index (χ4v) is 5.05. The van der Waals surface area contributed by atoms with Crippen molar-refractivity contribution < 1.29 is 24.5 Å². The van der Waals surface area contributed by atoms with E-state index < -0.39 is 0 Å². The van der Waals surface area contributed by atoms with E-state index in [-0.39, 0.29) is 20.1 Å². The summed E-state index contributed by atoms with van der Waals surface area (Å²) in [4.78, 5) is 13.3. The van der Waals surface area contributed by atoms with Crippen molar-refractivity contribution in [3.8, 4) is 33.8 Å². The van der Waals surface area contributed by atoms with Crippen molar-refractivity contribution in [2.45, 2.75) is 20.8 Å². The second-order valence-electron chi connectivity index (χ2n) is 10.8. The molecule has 4 aromatic heterocycles. The van der Waals surface area contributed by atoms with Crippen LogP contribution in [0.4, 0.5) is 0 Å². The molecule has 8 rings (SSSR count). The smallest absolute Gasteiger partial charge is 0.501 e. The monoisotopic (exact) mass is 787 g/mol. The van der Waals surface area contributed by atoms with E-state index in [1.807, 2.05) is 141 Å². The molecule has 0 aliphatic carbocycles. The summed E-state index contributed by atoms with van der Waals surface area (Å²) >= 11 is 0. The van der Waals surface area contributed by atoms with Crippen LogP contribution in [0.2, 0.25) is 0 Å². The molecule has 0 aliphatic rings. The molecule has 4 heterocycles. The summed E-state index contributed by atoms with van der Waals surface area (Å²) in [6.07, 6.45) is 1.82. The maximum Gasteiger partial charge on any atom is 3.00 e. The minimum atomic E-state index is 0. The number of hydrogen-bond donors (Lipinski definition) is 0. The predicted molar refractivity (Wildman–Crippen MR) is 187 cm³/mol. The molecule has 0 radical (unpaired) electrons. The molecule has 0 spiro atoms. The van der Waals surface area contributed by atoms with E-state index in [1.54, 1.807) is 0 Å². The van der Waals surface area contributed by atoms with Gasteiger partial charge in [-0.2, -0.15) is 0 Å². The average Bonchev–Trinajstić information content (AvgIpc) is 3.49. The zero-order valence-corrected chi connectivity index (χ0v) is 28.8. The van der Waals surface area contributed by atoms with Gasteiger partial charge in [0, 0.05) is 23.0 Å². The maximum absolute atomic E-state index is 6.01. The Balaban J connectivity index is 0.000000142. The summed E-state index contributed by atoms with van der Waals surface area (Å²) in [7, 11) is 0. The van der Waals surface area contributed by atoms with E-state index in [0.717, 1.165) is 67.1 Å². The summed E-state index contributed by atoms with van der Waals surface area (Å²) in [5.74, 6) is 0. The van der Waals surface area contributed by atoms with E-state index in [9.17, 15) is 0 Å². The van der Waals surface area contributed by atoms with E-state index in [2.05, 4.69) is 52.2 Å². The molecular weight excluding hydrogens is 755 g/mol. The molecule has 5 heteroatoms. The van der Waals surface area contributed by atoms with Gasteiger partial charge in [-0.3, -0.25) is 0 Å². The predicted octanol–water partition coefficient (Wildman–Crippen LogP) is 10.5. The number of nitrogens with zero attached hydrogens (tertiary/aromatic N) is 3. The van der Waals surface area contributed by atoms with Crippen molar-refractivity contribution in [3.63, 3.8) is 0 Å². The standard InChI is InChI=1S/C18H12NO.2C12H10N.Ir/c1-12-9-10-19-16(11-12)15-7-4-6-14-13-5-2-3-8-17(13)20-18(14)15;2*1-10-6-5-9-12(13-10)11-7-3-2-4-8-11;/h2-6,8-11H,1H3;2*2-7,9H,1H3;/q3*-1;+3. The SMILES string of the molecule is Cc1cccc(-c2[c-]cccc2)n1.Cc1cccc(-c2[c-]cccc2)n1.Cc1ccnc(-c2[c-]ccc3c2oc2ccccc23)c1.[Ir+3]. The summed E-state index contributed by atoms with van der Waals surface area (Å²) in [6, 6.07) is 53.4. The number of furan rings is 1. The Bertz CT molecular complexity index is 2110. The Labute approximate surface area is 289 Å². The van der Waals surface area contributed by atoms with Crippen molar-refractivity contribution >= 4 is 21.9 Å². The largest absolute Gasteiger partial charge is 3.00 e. The van der Waals surface area contributed by atoms with Gasteiger partial charge in [0.05, 0.1) is 5.58 Å². The second kappa shape index (κ2) is 15.9. The molecule has 4 nitrogen and oxygen atoms in total. The van der Waals surface area contributed by atoms with E-state index >= 15 is 0 Å². The molecule has 47 heavy (non-hydrogen) atoms. The van der Waals surface area contributed by atoms with Crippen molar-refractivity contribution in [2.75, 3.05) is 0 Å². The van der Waals surface area contributed by atoms with E-state index in [0.29, 0.717) is 0 Å². The number of rotatable bonds is 3. The van der Waals surface area contributed by atoms with Gasteiger partial charge in [-0.25, -0.2) is 0 Å². The molecule has 0 amide bonds. The molecule has 0 saturated carbocycles. The molecule has 0 atom stereocenters. The Morgan fingerprint density at radius 1 is 0.532 bits per heavy atom. The summed E-state index contributed by atoms with van der Waals surface area (Å²) in [6.45, 7) is 6.04. The summed E-state index contributed by atoms with van der Waals surface area (Å²) in [5, 5.41) is 2.24. The fraction of sp³-hybridized carbons (Fsp3) is 0.0714. The first-order valence-corrected chi connectivity index (χ1v) is 15.1. The molecule has 230 valence electrons. The molecule has 0 bridgehead atoms. The van der Waals surface area contributed by atoms with Gasteiger partial charge < -0.3 is 19.4 Å². The Morgan fingerprint density at radius 2 is 1.15 bits per heavy atom. The number of para-hydroxylation sites is 1. The molecule has 8 aromatic rings. The minimum Gasteiger partial charge on any atom is -0.501 e. The van der Waals surface area contributed by atoms with Gasteiger partial charge in [0.15, 0.2) is 0 Å². The third-order valence-electron chi connectivity index (χ3n) is 7.26. The van der Waals surface area contributed by atoms with Gasteiger partial charge in [-0.05, 0) is 62.1 Å². The fourth-order valence-electron chi connectivity index (χ4n) is 5.05. The quantitative estimate of drug-likeness (QED) is 0.167. The van der Waals surface area contributed by atoms with Crippen LogP contribution in [0.1, 0.15) is 17.0 Å². The van der Waals surface area contributed by atoms with Gasteiger partial charge in [0.25, 0.3) is 0 Å². The molecule has 0 aliphatic heterocycles. The average molecular weight is 787 g/mol. The zero-order chi connectivity index (χ0) is 31.7. The van der Waals surface area contributed by atoms with E-state index in [1.165, 1.54) is 5.56 Å². The van der Waals surface area contributed by atoms with Crippen LogP contribution in [0.3, 0.4) is 0 Å². The van der Waals surface area contributed by atoms with Crippen LogP contribution in [-0.2, 0) is 20.1 Å². The topological polar surface area (TPSA) is 51.8 Å². The summed E-state index contributed by atoms with van der Waals surface area (Å²) < 4.78 is 6.01. The minimum absolute atomic E-state index is 0. The van der Waals surface area contributed by atoms with Crippen LogP contribution in [-0.4, -0.2) is 15.0 Å². The number of aromatic nitrogens is 3. The second-order valence-corrected chi connectivity index (χ2v) is 10.8. The number of benzene rings is 4. The van der Waals surface area contributed by atoms with Crippen LogP contribution in [0.15, 0.2) is 144 Å². The van der Waals surface area contributed by atoms with Crippen molar-refractivity contribution in [2.24, 2.45) is 0 Å². The zero-order valence-electron chi connectivity index (χ0n) is 26.4. The van der Waals surface area contributed by atoms with Crippen LogP contribution in [0.5, 0.6) is 0 Å². The third-order valence-corrected chi connectivity index (χ3v) is 7.26. The maximum atomic E-state index is 6.01. The molecule has 0 saturated heterocycles. The Kier molecular flexibility index (Phi) is 11.2. The summed E-state index contributed by atoms with van der Waals surface area (Å²) in [5.41, 5.74) is 10.9. The first kappa shape index (κ1) is 33.2. The number of aryl methyl sites for hydroxylation is 3. The van der Waals surface area contributed by atoms with Gasteiger partial charge in [-0.15, -0.1) is 90.0 Å².